The third kappa shape index (κ3) is 3.19. The standard InChI is InChI=1S/C19H15ClN2O3S/c1-24-9-8-22-14-7-6-13(20)11-17(14)26-19(22)21-18(23)16-10-12-4-2-3-5-15(12)25-16/h2-7,10-11H,8-9H2,1H3. The molecular weight excluding hydrogens is 372 g/mol. The fraction of sp³-hybridized carbons (Fsp3) is 0.158. The van der Waals surface area contributed by atoms with Crippen molar-refractivity contribution in [2.75, 3.05) is 13.7 Å². The van der Waals surface area contributed by atoms with E-state index in [1.54, 1.807) is 13.2 Å². The molecule has 0 fully saturated rings. The van der Waals surface area contributed by atoms with Crippen molar-refractivity contribution < 1.29 is 13.9 Å². The lowest BCUT2D eigenvalue weighted by atomic mass is 10.2. The van der Waals surface area contributed by atoms with E-state index >= 15 is 0 Å². The molecule has 0 saturated carbocycles. The van der Waals surface area contributed by atoms with Crippen LogP contribution in [0.25, 0.3) is 21.2 Å². The van der Waals surface area contributed by atoms with E-state index in [1.807, 2.05) is 47.0 Å². The van der Waals surface area contributed by atoms with Gasteiger partial charge in [-0.1, -0.05) is 41.1 Å². The summed E-state index contributed by atoms with van der Waals surface area (Å²) < 4.78 is 13.7. The van der Waals surface area contributed by atoms with Crippen LogP contribution in [0.3, 0.4) is 0 Å². The molecule has 1 amide bonds. The van der Waals surface area contributed by atoms with Gasteiger partial charge < -0.3 is 13.7 Å². The maximum atomic E-state index is 12.6. The minimum Gasteiger partial charge on any atom is -0.451 e. The molecule has 5 nitrogen and oxygen atoms in total. The number of hydrogen-bond acceptors (Lipinski definition) is 4. The molecule has 2 heterocycles. The Kier molecular flexibility index (Phi) is 4.63. The number of para-hydroxylation sites is 1. The fourth-order valence-corrected chi connectivity index (χ4v) is 4.09. The molecule has 0 radical (unpaired) electrons. The fourth-order valence-electron chi connectivity index (χ4n) is 2.76. The molecule has 132 valence electrons. The van der Waals surface area contributed by atoms with Crippen molar-refractivity contribution in [3.63, 3.8) is 0 Å². The Morgan fingerprint density at radius 2 is 2.12 bits per heavy atom. The van der Waals surface area contributed by atoms with Crippen LogP contribution in [0.2, 0.25) is 5.02 Å². The van der Waals surface area contributed by atoms with Gasteiger partial charge in [0.1, 0.15) is 5.58 Å². The molecule has 0 saturated heterocycles. The summed E-state index contributed by atoms with van der Waals surface area (Å²) in [5, 5.41) is 1.52. The molecule has 0 spiro atoms. The first-order valence-corrected chi connectivity index (χ1v) is 9.20. The number of carbonyl (C=O) groups is 1. The minimum atomic E-state index is -0.412. The SMILES string of the molecule is COCCn1c(=NC(=O)c2cc3ccccc3o2)sc2cc(Cl)ccc21. The average Bonchev–Trinajstić information content (AvgIpc) is 3.20. The second kappa shape index (κ2) is 7.07. The van der Waals surface area contributed by atoms with Crippen molar-refractivity contribution in [3.05, 3.63) is 64.1 Å². The van der Waals surface area contributed by atoms with Crippen LogP contribution in [-0.4, -0.2) is 24.2 Å². The molecule has 2 aromatic carbocycles. The van der Waals surface area contributed by atoms with Gasteiger partial charge >= 0.3 is 5.91 Å². The van der Waals surface area contributed by atoms with Gasteiger partial charge in [-0.3, -0.25) is 4.79 Å². The van der Waals surface area contributed by atoms with E-state index in [4.69, 9.17) is 20.8 Å². The van der Waals surface area contributed by atoms with Gasteiger partial charge in [0, 0.05) is 24.1 Å². The highest BCUT2D eigenvalue weighted by atomic mass is 35.5. The Bertz CT molecular complexity index is 1140. The Balaban J connectivity index is 1.81. The van der Waals surface area contributed by atoms with E-state index in [1.165, 1.54) is 11.3 Å². The van der Waals surface area contributed by atoms with Crippen LogP contribution in [0.4, 0.5) is 0 Å². The number of rotatable bonds is 4. The highest BCUT2D eigenvalue weighted by Gasteiger charge is 2.13. The zero-order valence-corrected chi connectivity index (χ0v) is 15.5. The number of aromatic nitrogens is 1. The maximum absolute atomic E-state index is 12.6. The molecule has 7 heteroatoms. The summed E-state index contributed by atoms with van der Waals surface area (Å²) in [4.78, 5) is 17.5. The third-order valence-corrected chi connectivity index (χ3v) is 5.27. The van der Waals surface area contributed by atoms with E-state index < -0.39 is 5.91 Å². The third-order valence-electron chi connectivity index (χ3n) is 4.00. The number of carbonyl (C=O) groups excluding carboxylic acids is 1. The molecule has 0 aliphatic rings. The van der Waals surface area contributed by atoms with Crippen LogP contribution in [0.5, 0.6) is 0 Å². The smallest absolute Gasteiger partial charge is 0.315 e. The molecule has 0 unspecified atom stereocenters. The Morgan fingerprint density at radius 3 is 2.92 bits per heavy atom. The van der Waals surface area contributed by atoms with Crippen LogP contribution in [0, 0.1) is 0 Å². The summed E-state index contributed by atoms with van der Waals surface area (Å²) in [6, 6.07) is 14.8. The molecular formula is C19H15ClN2O3S. The number of furan rings is 1. The normalized spacial score (nSPS) is 12.3. The van der Waals surface area contributed by atoms with Crippen LogP contribution < -0.4 is 4.80 Å². The summed E-state index contributed by atoms with van der Waals surface area (Å²) in [7, 11) is 1.64. The van der Waals surface area contributed by atoms with Crippen LogP contribution in [0.1, 0.15) is 10.6 Å². The maximum Gasteiger partial charge on any atom is 0.315 e. The number of ether oxygens (including phenoxy) is 1. The van der Waals surface area contributed by atoms with E-state index in [-0.39, 0.29) is 5.76 Å². The largest absolute Gasteiger partial charge is 0.451 e. The second-order valence-corrected chi connectivity index (χ2v) is 7.15. The number of benzene rings is 2. The summed E-state index contributed by atoms with van der Waals surface area (Å²) in [6.45, 7) is 1.10. The van der Waals surface area contributed by atoms with Gasteiger partial charge in [0.05, 0.1) is 16.8 Å². The molecule has 0 bridgehead atoms. The van der Waals surface area contributed by atoms with Crippen molar-refractivity contribution in [2.24, 2.45) is 4.99 Å². The highest BCUT2D eigenvalue weighted by molar-refractivity contribution is 7.16. The van der Waals surface area contributed by atoms with Gasteiger partial charge in [0.15, 0.2) is 10.6 Å². The van der Waals surface area contributed by atoms with Crippen molar-refractivity contribution in [1.82, 2.24) is 4.57 Å². The van der Waals surface area contributed by atoms with Gasteiger partial charge in [-0.25, -0.2) is 0 Å². The lowest BCUT2D eigenvalue weighted by molar-refractivity contribution is 0.0973. The Labute approximate surface area is 158 Å². The van der Waals surface area contributed by atoms with Gasteiger partial charge in [-0.15, -0.1) is 0 Å². The van der Waals surface area contributed by atoms with Crippen LogP contribution in [-0.2, 0) is 11.3 Å². The number of hydrogen-bond donors (Lipinski definition) is 0. The zero-order valence-electron chi connectivity index (χ0n) is 13.9. The Morgan fingerprint density at radius 1 is 1.27 bits per heavy atom. The molecule has 0 aliphatic carbocycles. The van der Waals surface area contributed by atoms with Crippen molar-refractivity contribution in [1.29, 1.82) is 0 Å². The van der Waals surface area contributed by atoms with Crippen LogP contribution >= 0.6 is 22.9 Å². The van der Waals surface area contributed by atoms with E-state index in [9.17, 15) is 4.79 Å². The number of fused-ring (bicyclic) bond motifs is 2. The minimum absolute atomic E-state index is 0.222. The van der Waals surface area contributed by atoms with Crippen LogP contribution in [0.15, 0.2) is 57.9 Å². The average molecular weight is 387 g/mol. The first-order valence-electron chi connectivity index (χ1n) is 8.01. The van der Waals surface area contributed by atoms with Crippen molar-refractivity contribution in [3.8, 4) is 0 Å². The first-order chi connectivity index (χ1) is 12.7. The lowest BCUT2D eigenvalue weighted by Crippen LogP contribution is -2.19. The molecule has 2 aromatic heterocycles. The molecule has 0 aliphatic heterocycles. The number of amides is 1. The van der Waals surface area contributed by atoms with E-state index in [0.29, 0.717) is 28.6 Å². The predicted molar refractivity (Wildman–Crippen MR) is 103 cm³/mol. The van der Waals surface area contributed by atoms with Crippen molar-refractivity contribution in [2.45, 2.75) is 6.54 Å². The summed E-state index contributed by atoms with van der Waals surface area (Å²) >= 11 is 7.50. The summed E-state index contributed by atoms with van der Waals surface area (Å²) in [5.41, 5.74) is 1.63. The molecule has 4 aromatic rings. The lowest BCUT2D eigenvalue weighted by Gasteiger charge is -2.03. The number of methoxy groups -OCH3 is 1. The zero-order chi connectivity index (χ0) is 18.1. The van der Waals surface area contributed by atoms with E-state index in [2.05, 4.69) is 4.99 Å². The van der Waals surface area contributed by atoms with Crippen molar-refractivity contribution >= 4 is 50.0 Å². The summed E-state index contributed by atoms with van der Waals surface area (Å²) in [5.74, 6) is -0.190. The number of thiazole rings is 1. The second-order valence-electron chi connectivity index (χ2n) is 5.71. The number of halogens is 1. The topological polar surface area (TPSA) is 56.7 Å². The first kappa shape index (κ1) is 17.0. The van der Waals surface area contributed by atoms with Gasteiger partial charge in [-0.2, -0.15) is 4.99 Å². The molecule has 0 atom stereocenters. The number of nitrogens with zero attached hydrogens (tertiary/aromatic N) is 2. The summed E-state index contributed by atoms with van der Waals surface area (Å²) in [6.07, 6.45) is 0. The highest BCUT2D eigenvalue weighted by Crippen LogP contribution is 2.23. The quantitative estimate of drug-likeness (QED) is 0.519. The van der Waals surface area contributed by atoms with Gasteiger partial charge in [-0.05, 0) is 30.3 Å². The predicted octanol–water partition coefficient (Wildman–Crippen LogP) is 4.49. The van der Waals surface area contributed by atoms with Gasteiger partial charge in [0.25, 0.3) is 0 Å². The monoisotopic (exact) mass is 386 g/mol. The van der Waals surface area contributed by atoms with E-state index in [0.717, 1.165) is 15.6 Å². The van der Waals surface area contributed by atoms with Gasteiger partial charge in [0.2, 0.25) is 0 Å². The molecule has 4 rings (SSSR count). The molecule has 26 heavy (non-hydrogen) atoms. The molecule has 0 N–H and O–H groups in total. The Hall–Kier alpha value is -2.41.